The summed E-state index contributed by atoms with van der Waals surface area (Å²) < 4.78 is 12.3. The van der Waals surface area contributed by atoms with Gasteiger partial charge in [0.25, 0.3) is 10.8 Å². The van der Waals surface area contributed by atoms with Crippen molar-refractivity contribution in [1.29, 1.82) is 0 Å². The zero-order valence-corrected chi connectivity index (χ0v) is 23.9. The van der Waals surface area contributed by atoms with Crippen molar-refractivity contribution in [3.8, 4) is 39.3 Å². The predicted octanol–water partition coefficient (Wildman–Crippen LogP) is 5.74. The lowest BCUT2D eigenvalue weighted by Gasteiger charge is -2.22. The monoisotopic (exact) mass is 577 g/mol. The van der Waals surface area contributed by atoms with Crippen LogP contribution in [0.2, 0.25) is 0 Å². The first-order valence-electron chi connectivity index (χ1n) is 13.1. The van der Waals surface area contributed by atoms with Crippen LogP contribution in [0, 0.1) is 0 Å². The largest absolute Gasteiger partial charge is 0.481 e. The minimum Gasteiger partial charge on any atom is -0.481 e. The minimum atomic E-state index is -0.348. The van der Waals surface area contributed by atoms with Crippen LogP contribution in [0.5, 0.6) is 11.1 Å². The first kappa shape index (κ1) is 26.9. The lowest BCUT2D eigenvalue weighted by molar-refractivity contribution is 0.398. The fourth-order valence-electron chi connectivity index (χ4n) is 4.91. The molecule has 0 amide bonds. The highest BCUT2D eigenvalue weighted by Crippen LogP contribution is 2.32. The van der Waals surface area contributed by atoms with E-state index in [1.54, 1.807) is 31.0 Å². The van der Waals surface area contributed by atoms with Crippen LogP contribution >= 0.6 is 11.3 Å². The molecule has 11 heteroatoms. The molecule has 0 aliphatic carbocycles. The van der Waals surface area contributed by atoms with E-state index in [-0.39, 0.29) is 17.5 Å². The van der Waals surface area contributed by atoms with Crippen molar-refractivity contribution in [2.45, 2.75) is 13.0 Å². The maximum absolute atomic E-state index is 14.4. The summed E-state index contributed by atoms with van der Waals surface area (Å²) in [4.78, 5) is 31.8. The van der Waals surface area contributed by atoms with Crippen LogP contribution in [0.4, 0.5) is 11.8 Å². The number of para-hydroxylation sites is 1. The van der Waals surface area contributed by atoms with Gasteiger partial charge in [-0.25, -0.2) is 15.0 Å². The average molecular weight is 578 g/mol. The second-order valence-corrected chi connectivity index (χ2v) is 10.3. The van der Waals surface area contributed by atoms with Crippen LogP contribution < -0.4 is 26.1 Å². The molecule has 2 aromatic carbocycles. The van der Waals surface area contributed by atoms with Gasteiger partial charge in [0.2, 0.25) is 11.8 Å². The zero-order valence-electron chi connectivity index (χ0n) is 23.1. The Morgan fingerprint density at radius 2 is 1.76 bits per heavy atom. The van der Waals surface area contributed by atoms with Crippen molar-refractivity contribution < 1.29 is 9.47 Å². The van der Waals surface area contributed by atoms with Crippen LogP contribution in [-0.4, -0.2) is 38.7 Å². The van der Waals surface area contributed by atoms with E-state index in [4.69, 9.17) is 15.2 Å². The Morgan fingerprint density at radius 3 is 2.52 bits per heavy atom. The molecule has 42 heavy (non-hydrogen) atoms. The van der Waals surface area contributed by atoms with Crippen molar-refractivity contribution in [3.63, 3.8) is 0 Å². The average Bonchev–Trinajstić information content (AvgIpc) is 3.50. The Labute approximate surface area is 245 Å². The van der Waals surface area contributed by atoms with Crippen LogP contribution in [0.15, 0.2) is 89.2 Å². The number of ether oxygens (including phenoxy) is 2. The molecule has 0 fully saturated rings. The highest BCUT2D eigenvalue weighted by Gasteiger charge is 2.20. The summed E-state index contributed by atoms with van der Waals surface area (Å²) in [6.07, 6.45) is 1.67. The zero-order chi connectivity index (χ0) is 29.2. The highest BCUT2D eigenvalue weighted by atomic mass is 32.1. The van der Waals surface area contributed by atoms with Crippen molar-refractivity contribution in [1.82, 2.24) is 24.5 Å². The molecule has 4 heterocycles. The molecule has 0 saturated carbocycles. The van der Waals surface area contributed by atoms with E-state index in [1.165, 1.54) is 11.3 Å². The number of thiazole rings is 1. The van der Waals surface area contributed by atoms with E-state index in [0.29, 0.717) is 33.7 Å². The van der Waals surface area contributed by atoms with Gasteiger partial charge in [-0.05, 0) is 47.7 Å². The molecule has 0 aliphatic rings. The van der Waals surface area contributed by atoms with Gasteiger partial charge >= 0.3 is 0 Å². The SMILES string of the molecule is COc1cc(-c2cccc3cc([C@H](C)Nc4cc(-c5csc(OC)n5)nc(N)n4)n(-c4ccccc4)c(=O)c23)ccn1. The van der Waals surface area contributed by atoms with Crippen LogP contribution in [0.25, 0.3) is 39.0 Å². The number of hydrogen-bond acceptors (Lipinski definition) is 10. The standard InChI is InChI=1S/C31H27N7O3S/c1-18(34-26-16-23(35-30(32)37-26)24-17-42-31(36-24)41-3)25-14-20-8-7-11-22(19-12-13-33-27(15-19)40-2)28(20)29(39)38(25)21-9-5-4-6-10-21/h4-18H,1-3H3,(H3,32,34,35,37)/t18-/m0/s1. The number of nitrogen functional groups attached to an aromatic ring is 1. The number of benzene rings is 2. The van der Waals surface area contributed by atoms with Gasteiger partial charge in [-0.2, -0.15) is 4.98 Å². The maximum atomic E-state index is 14.4. The van der Waals surface area contributed by atoms with Crippen molar-refractivity contribution in [2.24, 2.45) is 0 Å². The summed E-state index contributed by atoms with van der Waals surface area (Å²) in [5, 5.41) is 7.20. The number of fused-ring (bicyclic) bond motifs is 1. The van der Waals surface area contributed by atoms with E-state index < -0.39 is 0 Å². The molecule has 210 valence electrons. The Morgan fingerprint density at radius 1 is 0.929 bits per heavy atom. The third-order valence-corrected chi connectivity index (χ3v) is 7.62. The highest BCUT2D eigenvalue weighted by molar-refractivity contribution is 7.11. The molecule has 6 aromatic rings. The molecule has 0 spiro atoms. The summed E-state index contributed by atoms with van der Waals surface area (Å²) >= 11 is 1.37. The third-order valence-electron chi connectivity index (χ3n) is 6.82. The number of nitrogens with zero attached hydrogens (tertiary/aromatic N) is 5. The molecule has 0 bridgehead atoms. The molecule has 0 radical (unpaired) electrons. The Balaban J connectivity index is 1.48. The lowest BCUT2D eigenvalue weighted by Crippen LogP contribution is -2.26. The number of pyridine rings is 2. The van der Waals surface area contributed by atoms with Crippen molar-refractivity contribution in [2.75, 3.05) is 25.3 Å². The molecular weight excluding hydrogens is 550 g/mol. The Hall–Kier alpha value is -5.29. The summed E-state index contributed by atoms with van der Waals surface area (Å²) in [5.41, 5.74) is 10.2. The molecule has 1 atom stereocenters. The summed E-state index contributed by atoms with van der Waals surface area (Å²) in [6.45, 7) is 1.97. The quantitative estimate of drug-likeness (QED) is 0.233. The maximum Gasteiger partial charge on any atom is 0.273 e. The van der Waals surface area contributed by atoms with E-state index in [2.05, 4.69) is 25.3 Å². The van der Waals surface area contributed by atoms with Gasteiger partial charge in [0.05, 0.1) is 31.3 Å². The van der Waals surface area contributed by atoms with E-state index >= 15 is 0 Å². The summed E-state index contributed by atoms with van der Waals surface area (Å²) in [7, 11) is 3.14. The lowest BCUT2D eigenvalue weighted by atomic mass is 9.98. The first-order valence-corrected chi connectivity index (χ1v) is 14.0. The second-order valence-electron chi connectivity index (χ2n) is 9.47. The minimum absolute atomic E-state index is 0.102. The molecule has 6 rings (SSSR count). The van der Waals surface area contributed by atoms with Gasteiger partial charge in [0.15, 0.2) is 0 Å². The summed E-state index contributed by atoms with van der Waals surface area (Å²) in [6, 6.07) is 22.6. The second kappa shape index (κ2) is 11.3. The number of anilines is 2. The van der Waals surface area contributed by atoms with Gasteiger partial charge in [-0.15, -0.1) is 0 Å². The molecule has 0 saturated heterocycles. The predicted molar refractivity (Wildman–Crippen MR) is 165 cm³/mol. The van der Waals surface area contributed by atoms with Crippen LogP contribution in [0.3, 0.4) is 0 Å². The van der Waals surface area contributed by atoms with E-state index in [9.17, 15) is 4.79 Å². The number of hydrogen-bond donors (Lipinski definition) is 2. The third kappa shape index (κ3) is 5.13. The number of nitrogens with one attached hydrogen (secondary N) is 1. The van der Waals surface area contributed by atoms with E-state index in [0.717, 1.165) is 27.9 Å². The van der Waals surface area contributed by atoms with Crippen molar-refractivity contribution in [3.05, 3.63) is 100 Å². The number of nitrogens with two attached hydrogens (primary N) is 1. The Kier molecular flexibility index (Phi) is 7.24. The molecule has 0 aliphatic heterocycles. The molecule has 3 N–H and O–H groups in total. The van der Waals surface area contributed by atoms with Gasteiger partial charge in [0.1, 0.15) is 11.5 Å². The molecule has 4 aromatic heterocycles. The molecular formula is C31H27N7O3S. The molecule has 10 nitrogen and oxygen atoms in total. The van der Waals surface area contributed by atoms with Crippen LogP contribution in [-0.2, 0) is 0 Å². The number of methoxy groups -OCH3 is 2. The van der Waals surface area contributed by atoms with E-state index in [1.807, 2.05) is 79.0 Å². The topological polar surface area (TPSA) is 130 Å². The van der Waals surface area contributed by atoms with Gasteiger partial charge < -0.3 is 20.5 Å². The van der Waals surface area contributed by atoms with Gasteiger partial charge in [0, 0.05) is 35.1 Å². The molecule has 0 unspecified atom stereocenters. The van der Waals surface area contributed by atoms with Crippen molar-refractivity contribution >= 4 is 33.9 Å². The number of rotatable bonds is 8. The fourth-order valence-corrected chi connectivity index (χ4v) is 5.54. The first-order chi connectivity index (χ1) is 20.4. The van der Waals surface area contributed by atoms with Gasteiger partial charge in [-0.1, -0.05) is 47.7 Å². The normalized spacial score (nSPS) is 11.8. The van der Waals surface area contributed by atoms with Gasteiger partial charge in [-0.3, -0.25) is 9.36 Å². The van der Waals surface area contributed by atoms with Crippen LogP contribution in [0.1, 0.15) is 18.7 Å². The number of aromatic nitrogens is 5. The Bertz CT molecular complexity index is 1960. The summed E-state index contributed by atoms with van der Waals surface area (Å²) in [5.74, 6) is 1.08. The smallest absolute Gasteiger partial charge is 0.273 e. The fraction of sp³-hybridized carbons (Fsp3) is 0.129.